The Morgan fingerprint density at radius 2 is 1.94 bits per heavy atom. The molecule has 1 saturated heterocycles. The van der Waals surface area contributed by atoms with Gasteiger partial charge in [-0.3, -0.25) is 0 Å². The highest BCUT2D eigenvalue weighted by Gasteiger charge is 2.48. The molecule has 1 aromatic heterocycles. The number of ether oxygens (including phenoxy) is 2. The largest absolute Gasteiger partial charge is 0.495 e. The van der Waals surface area contributed by atoms with Gasteiger partial charge in [0.25, 0.3) is 0 Å². The molecule has 3 heterocycles. The lowest BCUT2D eigenvalue weighted by Gasteiger charge is -2.39. The third-order valence-electron chi connectivity index (χ3n) is 5.96. The van der Waals surface area contributed by atoms with E-state index in [1.807, 2.05) is 53.8 Å². The number of hydrogen-bond donors (Lipinski definition) is 0. The maximum absolute atomic E-state index is 13.9. The predicted octanol–water partition coefficient (Wildman–Crippen LogP) is 4.75. The number of oxime groups is 1. The van der Waals surface area contributed by atoms with Gasteiger partial charge in [-0.25, -0.2) is 13.8 Å². The van der Waals surface area contributed by atoms with E-state index >= 15 is 0 Å². The van der Waals surface area contributed by atoms with Gasteiger partial charge in [0, 0.05) is 24.8 Å². The average molecular weight is 466 g/mol. The van der Waals surface area contributed by atoms with E-state index in [1.54, 1.807) is 20.4 Å². The summed E-state index contributed by atoms with van der Waals surface area (Å²) in [6, 6.07) is 9.10. The second-order valence-electron chi connectivity index (χ2n) is 8.55. The van der Waals surface area contributed by atoms with Crippen LogP contribution < -0.4 is 4.74 Å². The van der Waals surface area contributed by atoms with Gasteiger partial charge in [-0.1, -0.05) is 11.2 Å². The molecule has 2 atom stereocenters. The molecule has 0 N–H and O–H groups in total. The molecule has 0 spiro atoms. The first-order valence-electron chi connectivity index (χ1n) is 10.8. The number of hydrogen-bond acceptors (Lipinski definition) is 6. The van der Waals surface area contributed by atoms with Crippen molar-refractivity contribution in [3.8, 4) is 11.4 Å². The van der Waals surface area contributed by atoms with Gasteiger partial charge in [0.15, 0.2) is 5.76 Å². The van der Waals surface area contributed by atoms with Crippen molar-refractivity contribution in [2.75, 3.05) is 13.7 Å². The van der Waals surface area contributed by atoms with Gasteiger partial charge in [-0.15, -0.1) is 0 Å². The quantitative estimate of drug-likeness (QED) is 0.556. The van der Waals surface area contributed by atoms with Crippen LogP contribution >= 0.6 is 0 Å². The predicted molar refractivity (Wildman–Crippen MR) is 122 cm³/mol. The van der Waals surface area contributed by atoms with Gasteiger partial charge in [0.2, 0.25) is 11.6 Å². The van der Waals surface area contributed by atoms with E-state index < -0.39 is 17.4 Å². The third kappa shape index (κ3) is 3.76. The number of halogens is 2. The van der Waals surface area contributed by atoms with Crippen molar-refractivity contribution < 1.29 is 23.1 Å². The Morgan fingerprint density at radius 1 is 1.18 bits per heavy atom. The standard InChI is InChI=1S/C25H24F2N4O3/c1-15-12-30(14-28-15)21-6-5-17(7-22(21)32-4)8-23-24-29-34-25(3,31(24)13-16(2)33-23)18-9-19(26)11-20(27)10-18/h5-12,14,16H,13H2,1-4H3/t16-,25+/m0/s1. The third-order valence-corrected chi connectivity index (χ3v) is 5.96. The van der Waals surface area contributed by atoms with Gasteiger partial charge < -0.3 is 23.8 Å². The molecule has 0 unspecified atom stereocenters. The molecule has 1 fully saturated rings. The molecule has 0 amide bonds. The summed E-state index contributed by atoms with van der Waals surface area (Å²) >= 11 is 0. The fourth-order valence-corrected chi connectivity index (χ4v) is 4.27. The fourth-order valence-electron chi connectivity index (χ4n) is 4.27. The van der Waals surface area contributed by atoms with Crippen LogP contribution in [0.25, 0.3) is 11.8 Å². The van der Waals surface area contributed by atoms with Crippen molar-refractivity contribution in [2.24, 2.45) is 5.16 Å². The number of aromatic nitrogens is 2. The van der Waals surface area contributed by atoms with Crippen molar-refractivity contribution in [2.45, 2.75) is 32.6 Å². The van der Waals surface area contributed by atoms with Crippen LogP contribution in [0.5, 0.6) is 5.75 Å². The summed E-state index contributed by atoms with van der Waals surface area (Å²) in [6.45, 7) is 6.01. The molecule has 7 nitrogen and oxygen atoms in total. The van der Waals surface area contributed by atoms with Crippen LogP contribution in [-0.4, -0.2) is 40.0 Å². The highest BCUT2D eigenvalue weighted by Crippen LogP contribution is 2.40. The Labute approximate surface area is 195 Å². The van der Waals surface area contributed by atoms with Gasteiger partial charge in [0.1, 0.15) is 23.5 Å². The number of methoxy groups -OCH3 is 1. The van der Waals surface area contributed by atoms with Crippen LogP contribution in [0.4, 0.5) is 8.78 Å². The second kappa shape index (κ2) is 8.16. The number of nitrogens with zero attached hydrogens (tertiary/aromatic N) is 4. The van der Waals surface area contributed by atoms with Crippen LogP contribution in [0.1, 0.15) is 30.7 Å². The topological polar surface area (TPSA) is 61.1 Å². The van der Waals surface area contributed by atoms with Gasteiger partial charge in [-0.05, 0) is 49.8 Å². The molecule has 3 aromatic rings. The van der Waals surface area contributed by atoms with Crippen LogP contribution in [0, 0.1) is 18.6 Å². The van der Waals surface area contributed by atoms with Crippen LogP contribution in [-0.2, 0) is 15.3 Å². The number of aryl methyl sites for hydroxylation is 1. The minimum atomic E-state index is -1.17. The number of fused-ring (bicyclic) bond motifs is 1. The molecular formula is C25H24F2N4O3. The lowest BCUT2D eigenvalue weighted by Crippen LogP contribution is -2.51. The molecule has 2 aromatic carbocycles. The lowest BCUT2D eigenvalue weighted by molar-refractivity contribution is -0.104. The smallest absolute Gasteiger partial charge is 0.234 e. The number of rotatable bonds is 4. The summed E-state index contributed by atoms with van der Waals surface area (Å²) in [7, 11) is 1.61. The number of amidine groups is 1. The summed E-state index contributed by atoms with van der Waals surface area (Å²) in [5, 5.41) is 4.23. The molecule has 0 saturated carbocycles. The zero-order valence-corrected chi connectivity index (χ0v) is 19.3. The van der Waals surface area contributed by atoms with Crippen molar-refractivity contribution in [1.29, 1.82) is 0 Å². The number of imidazole rings is 1. The SMILES string of the molecule is COc1cc(C=C2O[C@@H](C)CN3C2=NO[C@]3(C)c2cc(F)cc(F)c2)ccc1-n1cnc(C)c1. The molecule has 0 aliphatic carbocycles. The number of morpholine rings is 1. The zero-order chi connectivity index (χ0) is 24.0. The first kappa shape index (κ1) is 21.9. The normalized spacial score (nSPS) is 22.8. The minimum absolute atomic E-state index is 0.209. The molecule has 0 radical (unpaired) electrons. The van der Waals surface area contributed by atoms with Crippen molar-refractivity contribution in [3.05, 3.63) is 83.1 Å². The average Bonchev–Trinajstić information content (AvgIpc) is 3.37. The summed E-state index contributed by atoms with van der Waals surface area (Å²) in [4.78, 5) is 11.9. The van der Waals surface area contributed by atoms with E-state index in [0.29, 0.717) is 29.5 Å². The van der Waals surface area contributed by atoms with E-state index in [-0.39, 0.29) is 6.10 Å². The van der Waals surface area contributed by atoms with E-state index in [0.717, 1.165) is 23.0 Å². The maximum atomic E-state index is 13.9. The monoisotopic (exact) mass is 466 g/mol. The Morgan fingerprint density at radius 3 is 2.62 bits per heavy atom. The fraction of sp³-hybridized carbons (Fsp3) is 0.280. The van der Waals surface area contributed by atoms with Crippen molar-refractivity contribution in [1.82, 2.24) is 14.5 Å². The molecule has 5 rings (SSSR count). The molecule has 2 aliphatic heterocycles. The van der Waals surface area contributed by atoms with Gasteiger partial charge in [-0.2, -0.15) is 0 Å². The molecule has 176 valence electrons. The molecule has 9 heteroatoms. The van der Waals surface area contributed by atoms with E-state index in [2.05, 4.69) is 10.1 Å². The summed E-state index contributed by atoms with van der Waals surface area (Å²) in [5.41, 5.74) is 1.75. The van der Waals surface area contributed by atoms with Crippen LogP contribution in [0.2, 0.25) is 0 Å². The highest BCUT2D eigenvalue weighted by atomic mass is 19.1. The molecule has 0 bridgehead atoms. The molecular weight excluding hydrogens is 442 g/mol. The zero-order valence-electron chi connectivity index (χ0n) is 19.3. The van der Waals surface area contributed by atoms with Crippen LogP contribution in [0.15, 0.2) is 59.8 Å². The summed E-state index contributed by atoms with van der Waals surface area (Å²) in [6.07, 6.45) is 5.28. The first-order chi connectivity index (χ1) is 16.3. The van der Waals surface area contributed by atoms with Gasteiger partial charge in [0.05, 0.1) is 31.4 Å². The Balaban J connectivity index is 1.50. The second-order valence-corrected chi connectivity index (χ2v) is 8.55. The van der Waals surface area contributed by atoms with E-state index in [1.165, 1.54) is 12.1 Å². The minimum Gasteiger partial charge on any atom is -0.495 e. The van der Waals surface area contributed by atoms with Crippen molar-refractivity contribution in [3.63, 3.8) is 0 Å². The Hall–Kier alpha value is -3.88. The number of benzene rings is 2. The highest BCUT2D eigenvalue weighted by molar-refractivity contribution is 6.01. The molecule has 34 heavy (non-hydrogen) atoms. The summed E-state index contributed by atoms with van der Waals surface area (Å²) < 4.78 is 41.5. The Kier molecular flexibility index (Phi) is 5.27. The van der Waals surface area contributed by atoms with E-state index in [9.17, 15) is 8.78 Å². The van der Waals surface area contributed by atoms with Gasteiger partial charge >= 0.3 is 0 Å². The maximum Gasteiger partial charge on any atom is 0.234 e. The van der Waals surface area contributed by atoms with Crippen LogP contribution in [0.3, 0.4) is 0 Å². The summed E-state index contributed by atoms with van der Waals surface area (Å²) in [5.74, 6) is 0.263. The van der Waals surface area contributed by atoms with Crippen molar-refractivity contribution >= 4 is 11.9 Å². The molecule has 2 aliphatic rings. The van der Waals surface area contributed by atoms with E-state index in [4.69, 9.17) is 14.3 Å². The lowest BCUT2D eigenvalue weighted by atomic mass is 10.0. The Bertz CT molecular complexity index is 1300. The first-order valence-corrected chi connectivity index (χ1v) is 10.8.